The minimum absolute atomic E-state index is 0.0415. The number of ether oxygens (including phenoxy) is 1. The van der Waals surface area contributed by atoms with Crippen molar-refractivity contribution in [2.45, 2.75) is 29.6 Å². The highest BCUT2D eigenvalue weighted by Gasteiger charge is 2.39. The van der Waals surface area contributed by atoms with Gasteiger partial charge in [0.15, 0.2) is 0 Å². The molecule has 6 nitrogen and oxygen atoms in total. The number of nitrogens with one attached hydrogen (secondary N) is 1. The molecule has 1 saturated carbocycles. The van der Waals surface area contributed by atoms with E-state index in [4.69, 9.17) is 16.3 Å². The number of hydrogen-bond acceptors (Lipinski definition) is 4. The molecule has 0 unspecified atom stereocenters. The van der Waals surface area contributed by atoms with Crippen molar-refractivity contribution in [3.05, 3.63) is 64.7 Å². The van der Waals surface area contributed by atoms with Crippen LogP contribution in [0.2, 0.25) is 5.02 Å². The fourth-order valence-corrected chi connectivity index (χ4v) is 5.99. The van der Waals surface area contributed by atoms with Crippen molar-refractivity contribution in [1.29, 1.82) is 0 Å². The molecule has 8 heteroatoms. The van der Waals surface area contributed by atoms with E-state index in [1.165, 1.54) is 22.0 Å². The predicted molar refractivity (Wildman–Crippen MR) is 115 cm³/mol. The monoisotopic (exact) mass is 448 g/mol. The zero-order valence-corrected chi connectivity index (χ0v) is 18.2. The number of halogens is 1. The lowest BCUT2D eigenvalue weighted by atomic mass is 9.64. The van der Waals surface area contributed by atoms with Crippen LogP contribution in [-0.2, 0) is 20.2 Å². The first kappa shape index (κ1) is 21.3. The molecule has 1 heterocycles. The van der Waals surface area contributed by atoms with Gasteiger partial charge < -0.3 is 10.1 Å². The number of rotatable bonds is 6. The second kappa shape index (κ2) is 8.67. The number of sulfonamides is 1. The summed E-state index contributed by atoms with van der Waals surface area (Å²) in [5.74, 6) is -0.299. The summed E-state index contributed by atoms with van der Waals surface area (Å²) in [5.41, 5.74) is 1.46. The van der Waals surface area contributed by atoms with Crippen LogP contribution < -0.4 is 5.32 Å². The van der Waals surface area contributed by atoms with Gasteiger partial charge in [0.1, 0.15) is 4.90 Å². The molecule has 2 aromatic carbocycles. The molecule has 1 amide bonds. The first-order chi connectivity index (χ1) is 14.4. The molecule has 0 spiro atoms. The van der Waals surface area contributed by atoms with Crippen LogP contribution in [0.4, 0.5) is 0 Å². The van der Waals surface area contributed by atoms with Gasteiger partial charge in [-0.05, 0) is 36.6 Å². The Labute approximate surface area is 182 Å². The number of nitrogens with zero attached hydrogens (tertiary/aromatic N) is 1. The lowest BCUT2D eigenvalue weighted by Crippen LogP contribution is -2.45. The van der Waals surface area contributed by atoms with Crippen molar-refractivity contribution in [3.63, 3.8) is 0 Å². The smallest absolute Gasteiger partial charge is 0.251 e. The van der Waals surface area contributed by atoms with Crippen LogP contribution >= 0.6 is 11.6 Å². The maximum Gasteiger partial charge on any atom is 0.251 e. The highest BCUT2D eigenvalue weighted by Crippen LogP contribution is 2.43. The largest absolute Gasteiger partial charge is 0.379 e. The quantitative estimate of drug-likeness (QED) is 0.736. The average molecular weight is 449 g/mol. The Morgan fingerprint density at radius 1 is 1.10 bits per heavy atom. The van der Waals surface area contributed by atoms with Gasteiger partial charge in [0.2, 0.25) is 10.0 Å². The third-order valence-corrected chi connectivity index (χ3v) is 8.45. The summed E-state index contributed by atoms with van der Waals surface area (Å²) in [6.45, 7) is 1.75. The summed E-state index contributed by atoms with van der Waals surface area (Å²) in [5, 5.41) is 3.12. The number of carbonyl (C=O) groups excluding carboxylic acids is 1. The van der Waals surface area contributed by atoms with Gasteiger partial charge in [-0.2, -0.15) is 4.31 Å². The van der Waals surface area contributed by atoms with Crippen molar-refractivity contribution in [2.24, 2.45) is 0 Å². The summed E-state index contributed by atoms with van der Waals surface area (Å²) in [6.07, 6.45) is 3.18. The van der Waals surface area contributed by atoms with Gasteiger partial charge in [-0.3, -0.25) is 4.79 Å². The normalized spacial score (nSPS) is 19.1. The van der Waals surface area contributed by atoms with E-state index in [0.29, 0.717) is 19.8 Å². The van der Waals surface area contributed by atoms with Crippen LogP contribution in [0.1, 0.15) is 35.2 Å². The van der Waals surface area contributed by atoms with E-state index >= 15 is 0 Å². The Bertz CT molecular complexity index is 1020. The number of carbonyl (C=O) groups is 1. The minimum Gasteiger partial charge on any atom is -0.379 e. The van der Waals surface area contributed by atoms with E-state index in [2.05, 4.69) is 17.4 Å². The standard InChI is InChI=1S/C22H25ClN2O4S/c23-19-8-7-17(15-20(19)30(27,28)25-11-13-29-14-12-25)21(26)24-16-22(9-4-10-22)18-5-2-1-3-6-18/h1-3,5-8,15H,4,9-14,16H2,(H,24,26). The van der Waals surface area contributed by atoms with Gasteiger partial charge in [0, 0.05) is 30.6 Å². The molecule has 4 rings (SSSR count). The molecule has 1 N–H and O–H groups in total. The summed E-state index contributed by atoms with van der Waals surface area (Å²) >= 11 is 6.20. The molecule has 0 atom stereocenters. The average Bonchev–Trinajstić information content (AvgIpc) is 2.74. The third kappa shape index (κ3) is 4.12. The zero-order valence-electron chi connectivity index (χ0n) is 16.6. The number of hydrogen-bond donors (Lipinski definition) is 1. The highest BCUT2D eigenvalue weighted by molar-refractivity contribution is 7.89. The van der Waals surface area contributed by atoms with Crippen LogP contribution in [0.25, 0.3) is 0 Å². The van der Waals surface area contributed by atoms with Gasteiger partial charge in [-0.25, -0.2) is 8.42 Å². The molecule has 2 aliphatic rings. The molecule has 1 aliphatic heterocycles. The molecule has 2 aromatic rings. The minimum atomic E-state index is -3.79. The van der Waals surface area contributed by atoms with Crippen molar-refractivity contribution < 1.29 is 17.9 Å². The summed E-state index contributed by atoms with van der Waals surface area (Å²) in [4.78, 5) is 12.8. The fourth-order valence-electron chi connectivity index (χ4n) is 4.08. The number of amides is 1. The molecule has 160 valence electrons. The SMILES string of the molecule is O=C(NCC1(c2ccccc2)CCC1)c1ccc(Cl)c(S(=O)(=O)N2CCOCC2)c1. The molecule has 0 aromatic heterocycles. The van der Waals surface area contributed by atoms with Crippen LogP contribution in [-0.4, -0.2) is 51.5 Å². The van der Waals surface area contributed by atoms with Crippen LogP contribution in [0.5, 0.6) is 0 Å². The van der Waals surface area contributed by atoms with Crippen molar-refractivity contribution in [3.8, 4) is 0 Å². The summed E-state index contributed by atoms with van der Waals surface area (Å²) in [6, 6.07) is 14.6. The van der Waals surface area contributed by atoms with Crippen LogP contribution in [0.3, 0.4) is 0 Å². The second-order valence-corrected chi connectivity index (χ2v) is 10.2. The molecular formula is C22H25ClN2O4S. The maximum atomic E-state index is 13.0. The van der Waals surface area contributed by atoms with E-state index in [1.807, 2.05) is 18.2 Å². The van der Waals surface area contributed by atoms with Gasteiger partial charge in [0.05, 0.1) is 18.2 Å². The molecule has 30 heavy (non-hydrogen) atoms. The number of benzene rings is 2. The van der Waals surface area contributed by atoms with Crippen LogP contribution in [0.15, 0.2) is 53.4 Å². The summed E-state index contributed by atoms with van der Waals surface area (Å²) in [7, 11) is -3.79. The Balaban J connectivity index is 1.52. The van der Waals surface area contributed by atoms with Gasteiger partial charge in [-0.15, -0.1) is 0 Å². The van der Waals surface area contributed by atoms with E-state index in [1.54, 1.807) is 6.07 Å². The zero-order chi connectivity index (χ0) is 21.2. The molecule has 0 radical (unpaired) electrons. The van der Waals surface area contributed by atoms with Crippen molar-refractivity contribution >= 4 is 27.5 Å². The maximum absolute atomic E-state index is 13.0. The topological polar surface area (TPSA) is 75.7 Å². The molecule has 1 saturated heterocycles. The fraction of sp³-hybridized carbons (Fsp3) is 0.409. The summed E-state index contributed by atoms with van der Waals surface area (Å²) < 4.78 is 32.6. The Morgan fingerprint density at radius 2 is 1.80 bits per heavy atom. The highest BCUT2D eigenvalue weighted by atomic mass is 35.5. The van der Waals surface area contributed by atoms with E-state index in [-0.39, 0.29) is 39.9 Å². The predicted octanol–water partition coefficient (Wildman–Crippen LogP) is 3.21. The molecular weight excluding hydrogens is 424 g/mol. The van der Waals surface area contributed by atoms with Gasteiger partial charge in [0.25, 0.3) is 5.91 Å². The van der Waals surface area contributed by atoms with Gasteiger partial charge >= 0.3 is 0 Å². The van der Waals surface area contributed by atoms with Gasteiger partial charge in [-0.1, -0.05) is 48.4 Å². The van der Waals surface area contributed by atoms with E-state index in [9.17, 15) is 13.2 Å². The Morgan fingerprint density at radius 3 is 2.43 bits per heavy atom. The lowest BCUT2D eigenvalue weighted by Gasteiger charge is -2.42. The van der Waals surface area contributed by atoms with Crippen molar-refractivity contribution in [1.82, 2.24) is 9.62 Å². The van der Waals surface area contributed by atoms with E-state index in [0.717, 1.165) is 19.3 Å². The molecule has 0 bridgehead atoms. The second-order valence-electron chi connectivity index (χ2n) is 7.84. The Hall–Kier alpha value is -1.93. The number of morpholine rings is 1. The van der Waals surface area contributed by atoms with E-state index < -0.39 is 10.0 Å². The van der Waals surface area contributed by atoms with Crippen molar-refractivity contribution in [2.75, 3.05) is 32.8 Å². The first-order valence-electron chi connectivity index (χ1n) is 10.1. The Kier molecular flexibility index (Phi) is 6.16. The van der Waals surface area contributed by atoms with Crippen LogP contribution in [0, 0.1) is 0 Å². The first-order valence-corrected chi connectivity index (χ1v) is 12.0. The molecule has 2 fully saturated rings. The third-order valence-electron chi connectivity index (χ3n) is 6.07. The molecule has 1 aliphatic carbocycles. The lowest BCUT2D eigenvalue weighted by molar-refractivity contribution is 0.0730.